The molecule has 4 heteroatoms. The summed E-state index contributed by atoms with van der Waals surface area (Å²) in [5.74, 6) is 0.746. The predicted octanol–water partition coefficient (Wildman–Crippen LogP) is 2.82. The maximum Gasteiger partial charge on any atom is 0.128 e. The summed E-state index contributed by atoms with van der Waals surface area (Å²) in [5, 5.41) is 20.9. The van der Waals surface area contributed by atoms with E-state index in [9.17, 15) is 0 Å². The van der Waals surface area contributed by atoms with Gasteiger partial charge in [-0.2, -0.15) is 0 Å². The molecule has 0 saturated heterocycles. The smallest absolute Gasteiger partial charge is 0.128 e. The number of rotatable bonds is 8. The average molecular weight is 251 g/mol. The van der Waals surface area contributed by atoms with Crippen LogP contribution in [0.15, 0.2) is 29.4 Å². The molecule has 0 radical (unpaired) electrons. The zero-order valence-corrected chi connectivity index (χ0v) is 10.8. The summed E-state index contributed by atoms with van der Waals surface area (Å²) >= 11 is 0. The van der Waals surface area contributed by atoms with Crippen LogP contribution in [-0.2, 0) is 0 Å². The molecule has 1 aromatic carbocycles. The average Bonchev–Trinajstić information content (AvgIpc) is 2.41. The fourth-order valence-electron chi connectivity index (χ4n) is 1.72. The van der Waals surface area contributed by atoms with Crippen molar-refractivity contribution in [1.29, 1.82) is 0 Å². The van der Waals surface area contributed by atoms with Gasteiger partial charge in [0.05, 0.1) is 12.3 Å². The lowest BCUT2D eigenvalue weighted by Crippen LogP contribution is -2.05. The molecular formula is C14H21NO3. The molecule has 0 aliphatic carbocycles. The van der Waals surface area contributed by atoms with Crippen LogP contribution in [-0.4, -0.2) is 29.2 Å². The van der Waals surface area contributed by atoms with Gasteiger partial charge in [0.25, 0.3) is 0 Å². The zero-order chi connectivity index (χ0) is 13.2. The summed E-state index contributed by atoms with van der Waals surface area (Å²) < 4.78 is 5.69. The van der Waals surface area contributed by atoms with E-state index >= 15 is 0 Å². The molecule has 0 aliphatic heterocycles. The van der Waals surface area contributed by atoms with E-state index in [0.717, 1.165) is 30.6 Å². The number of hydrogen-bond acceptors (Lipinski definition) is 4. The van der Waals surface area contributed by atoms with Gasteiger partial charge in [0.2, 0.25) is 0 Å². The third-order valence-electron chi connectivity index (χ3n) is 2.71. The zero-order valence-electron chi connectivity index (χ0n) is 10.8. The maximum absolute atomic E-state index is 8.95. The summed E-state index contributed by atoms with van der Waals surface area (Å²) in [7, 11) is 0. The number of ether oxygens (including phenoxy) is 1. The first-order chi connectivity index (χ1) is 8.83. The van der Waals surface area contributed by atoms with Gasteiger partial charge < -0.3 is 15.1 Å². The summed E-state index contributed by atoms with van der Waals surface area (Å²) in [4.78, 5) is 0. The molecule has 0 aliphatic rings. The first-order valence-electron chi connectivity index (χ1n) is 6.37. The molecule has 100 valence electrons. The van der Waals surface area contributed by atoms with E-state index in [1.165, 1.54) is 0 Å². The number of para-hydroxylation sites is 1. The lowest BCUT2D eigenvalue weighted by molar-refractivity contribution is 0.265. The molecule has 0 saturated carbocycles. The van der Waals surface area contributed by atoms with Gasteiger partial charge in [-0.3, -0.25) is 0 Å². The second-order valence-electron chi connectivity index (χ2n) is 4.03. The van der Waals surface area contributed by atoms with Gasteiger partial charge in [-0.05, 0) is 37.8 Å². The number of hydrogen-bond donors (Lipinski definition) is 2. The number of aliphatic hydroxyl groups excluding tert-OH is 1. The van der Waals surface area contributed by atoms with Crippen molar-refractivity contribution in [3.63, 3.8) is 0 Å². The van der Waals surface area contributed by atoms with E-state index in [2.05, 4.69) is 5.16 Å². The van der Waals surface area contributed by atoms with Crippen molar-refractivity contribution < 1.29 is 15.1 Å². The van der Waals surface area contributed by atoms with Crippen molar-refractivity contribution in [1.82, 2.24) is 0 Å². The van der Waals surface area contributed by atoms with E-state index < -0.39 is 0 Å². The van der Waals surface area contributed by atoms with Crippen LogP contribution >= 0.6 is 0 Å². The molecule has 4 nitrogen and oxygen atoms in total. The number of nitrogens with zero attached hydrogens (tertiary/aromatic N) is 1. The Morgan fingerprint density at radius 1 is 1.22 bits per heavy atom. The number of aliphatic hydroxyl groups is 1. The van der Waals surface area contributed by atoms with Crippen LogP contribution in [0.4, 0.5) is 0 Å². The summed E-state index contributed by atoms with van der Waals surface area (Å²) in [5.41, 5.74) is 1.46. The summed E-state index contributed by atoms with van der Waals surface area (Å²) in [6.45, 7) is 2.78. The van der Waals surface area contributed by atoms with Crippen molar-refractivity contribution in [2.24, 2.45) is 5.16 Å². The fourth-order valence-corrected chi connectivity index (χ4v) is 1.72. The Bertz CT molecular complexity index is 377. The molecule has 0 spiro atoms. The minimum Gasteiger partial charge on any atom is -0.493 e. The van der Waals surface area contributed by atoms with Crippen LogP contribution in [0.5, 0.6) is 5.75 Å². The van der Waals surface area contributed by atoms with Crippen molar-refractivity contribution >= 4 is 5.71 Å². The maximum atomic E-state index is 8.95. The van der Waals surface area contributed by atoms with Crippen LogP contribution in [0.3, 0.4) is 0 Å². The second kappa shape index (κ2) is 8.53. The minimum atomic E-state index is 0.230. The standard InChI is InChI=1S/C14H21NO3/c1-2-13(15-17)12-8-4-5-9-14(12)18-11-7-3-6-10-16/h4-5,8-9,16-17H,2-3,6-7,10-11H2,1H3. The van der Waals surface area contributed by atoms with Gasteiger partial charge in [-0.15, -0.1) is 0 Å². The third-order valence-corrected chi connectivity index (χ3v) is 2.71. The first-order valence-corrected chi connectivity index (χ1v) is 6.37. The molecule has 0 aromatic heterocycles. The quantitative estimate of drug-likeness (QED) is 0.323. The summed E-state index contributed by atoms with van der Waals surface area (Å²) in [6, 6.07) is 7.57. The number of benzene rings is 1. The van der Waals surface area contributed by atoms with Gasteiger partial charge >= 0.3 is 0 Å². The Labute approximate surface area is 108 Å². The topological polar surface area (TPSA) is 62.1 Å². The van der Waals surface area contributed by atoms with Crippen LogP contribution in [0, 0.1) is 0 Å². The monoisotopic (exact) mass is 251 g/mol. The van der Waals surface area contributed by atoms with Crippen molar-refractivity contribution in [3.8, 4) is 5.75 Å². The number of oxime groups is 1. The Balaban J connectivity index is 2.59. The van der Waals surface area contributed by atoms with E-state index in [1.807, 2.05) is 31.2 Å². The highest BCUT2D eigenvalue weighted by atomic mass is 16.5. The molecule has 1 rings (SSSR count). The Hall–Kier alpha value is -1.55. The Morgan fingerprint density at radius 3 is 2.67 bits per heavy atom. The lowest BCUT2D eigenvalue weighted by atomic mass is 10.1. The van der Waals surface area contributed by atoms with E-state index in [-0.39, 0.29) is 6.61 Å². The van der Waals surface area contributed by atoms with Gasteiger partial charge in [0, 0.05) is 12.2 Å². The highest BCUT2D eigenvalue weighted by Crippen LogP contribution is 2.20. The molecule has 18 heavy (non-hydrogen) atoms. The Morgan fingerprint density at radius 2 is 2.00 bits per heavy atom. The van der Waals surface area contributed by atoms with E-state index in [0.29, 0.717) is 18.7 Å². The molecule has 1 aromatic rings. The van der Waals surface area contributed by atoms with Crippen molar-refractivity contribution in [2.45, 2.75) is 32.6 Å². The van der Waals surface area contributed by atoms with Gasteiger partial charge in [-0.25, -0.2) is 0 Å². The SMILES string of the molecule is CCC(=NO)c1ccccc1OCCCCCO. The van der Waals surface area contributed by atoms with Gasteiger partial charge in [0.1, 0.15) is 5.75 Å². The van der Waals surface area contributed by atoms with Crippen LogP contribution in [0.2, 0.25) is 0 Å². The molecule has 0 fully saturated rings. The Kier molecular flexibility index (Phi) is 6.87. The highest BCUT2D eigenvalue weighted by molar-refractivity contribution is 6.02. The second-order valence-corrected chi connectivity index (χ2v) is 4.03. The molecule has 0 heterocycles. The molecule has 0 bridgehead atoms. The summed E-state index contributed by atoms with van der Waals surface area (Å²) in [6.07, 6.45) is 3.32. The minimum absolute atomic E-state index is 0.230. The lowest BCUT2D eigenvalue weighted by Gasteiger charge is -2.11. The normalized spacial score (nSPS) is 11.6. The molecule has 0 atom stereocenters. The van der Waals surface area contributed by atoms with Gasteiger partial charge in [0.15, 0.2) is 0 Å². The largest absolute Gasteiger partial charge is 0.493 e. The van der Waals surface area contributed by atoms with Gasteiger partial charge in [-0.1, -0.05) is 24.2 Å². The predicted molar refractivity (Wildman–Crippen MR) is 71.5 cm³/mol. The third kappa shape index (κ3) is 4.37. The molecular weight excluding hydrogens is 230 g/mol. The fraction of sp³-hybridized carbons (Fsp3) is 0.500. The van der Waals surface area contributed by atoms with E-state index in [1.54, 1.807) is 0 Å². The number of unbranched alkanes of at least 4 members (excludes halogenated alkanes) is 2. The first kappa shape index (κ1) is 14.5. The van der Waals surface area contributed by atoms with Crippen LogP contribution in [0.25, 0.3) is 0 Å². The van der Waals surface area contributed by atoms with Crippen molar-refractivity contribution in [2.75, 3.05) is 13.2 Å². The van der Waals surface area contributed by atoms with Crippen LogP contribution < -0.4 is 4.74 Å². The highest BCUT2D eigenvalue weighted by Gasteiger charge is 2.08. The molecule has 2 N–H and O–H groups in total. The molecule has 0 unspecified atom stereocenters. The van der Waals surface area contributed by atoms with Crippen molar-refractivity contribution in [3.05, 3.63) is 29.8 Å². The van der Waals surface area contributed by atoms with E-state index in [4.69, 9.17) is 15.1 Å². The molecule has 0 amide bonds. The van der Waals surface area contributed by atoms with Crippen LogP contribution in [0.1, 0.15) is 38.2 Å².